The van der Waals surface area contributed by atoms with Gasteiger partial charge in [-0.2, -0.15) is 0 Å². The number of nitrogens with one attached hydrogen (secondary N) is 2. The van der Waals surface area contributed by atoms with E-state index < -0.39 is 0 Å². The van der Waals surface area contributed by atoms with Crippen molar-refractivity contribution in [3.63, 3.8) is 0 Å². The van der Waals surface area contributed by atoms with Gasteiger partial charge in [-0.3, -0.25) is 4.98 Å². The summed E-state index contributed by atoms with van der Waals surface area (Å²) in [6.07, 6.45) is 3.75. The number of nitrogens with zero attached hydrogens (tertiary/aromatic N) is 1. The first kappa shape index (κ1) is 9.62. The minimum Gasteiger partial charge on any atom is -0.313 e. The molecule has 1 aliphatic heterocycles. The Bertz CT molecular complexity index is 299. The molecule has 0 amide bonds. The third-order valence-corrected chi connectivity index (χ3v) is 2.79. The summed E-state index contributed by atoms with van der Waals surface area (Å²) < 4.78 is 0. The molecule has 0 aliphatic carbocycles. The van der Waals surface area contributed by atoms with Crippen LogP contribution in [-0.4, -0.2) is 24.1 Å². The van der Waals surface area contributed by atoms with Crippen molar-refractivity contribution in [2.45, 2.75) is 25.4 Å². The van der Waals surface area contributed by atoms with Gasteiger partial charge in [0.15, 0.2) is 0 Å². The van der Waals surface area contributed by atoms with Crippen LogP contribution in [0.15, 0.2) is 24.5 Å². The quantitative estimate of drug-likeness (QED) is 0.692. The Balaban J connectivity index is 2.23. The molecule has 0 aromatic carbocycles. The van der Waals surface area contributed by atoms with Crippen molar-refractivity contribution in [3.8, 4) is 0 Å². The molecule has 0 saturated carbocycles. The molecule has 2 rings (SSSR count). The average Bonchev–Trinajstić information content (AvgIpc) is 2.19. The Labute approximate surface area is 84.9 Å². The zero-order valence-electron chi connectivity index (χ0n) is 8.75. The Hall–Kier alpha value is -0.930. The minimum absolute atomic E-state index is 0.0198. The van der Waals surface area contributed by atoms with Crippen molar-refractivity contribution in [3.05, 3.63) is 30.1 Å². The van der Waals surface area contributed by atoms with Crippen LogP contribution in [0.1, 0.15) is 19.4 Å². The number of hydrogen-bond acceptors (Lipinski definition) is 3. The lowest BCUT2D eigenvalue weighted by Gasteiger charge is -2.39. The van der Waals surface area contributed by atoms with E-state index in [2.05, 4.69) is 35.5 Å². The van der Waals surface area contributed by atoms with Gasteiger partial charge >= 0.3 is 0 Å². The Morgan fingerprint density at radius 3 is 3.07 bits per heavy atom. The summed E-state index contributed by atoms with van der Waals surface area (Å²) in [6, 6.07) is 4.62. The molecule has 3 heteroatoms. The van der Waals surface area contributed by atoms with Crippen molar-refractivity contribution in [1.29, 1.82) is 0 Å². The van der Waals surface area contributed by atoms with Gasteiger partial charge in [0.1, 0.15) is 0 Å². The lowest BCUT2D eigenvalue weighted by atomic mass is 9.90. The molecule has 1 aromatic heterocycles. The molecule has 0 radical (unpaired) electrons. The molecule has 0 spiro atoms. The summed E-state index contributed by atoms with van der Waals surface area (Å²) in [7, 11) is 0. The summed E-state index contributed by atoms with van der Waals surface area (Å²) in [5.74, 6) is 0. The molecular weight excluding hydrogens is 174 g/mol. The van der Waals surface area contributed by atoms with Crippen molar-refractivity contribution in [2.75, 3.05) is 13.1 Å². The van der Waals surface area contributed by atoms with Crippen LogP contribution in [0.2, 0.25) is 0 Å². The maximum atomic E-state index is 4.16. The van der Waals surface area contributed by atoms with E-state index in [1.54, 1.807) is 0 Å². The molecule has 14 heavy (non-hydrogen) atoms. The molecule has 1 aromatic rings. The molecule has 2 unspecified atom stereocenters. The second-order valence-corrected chi connectivity index (χ2v) is 4.25. The number of aromatic nitrogens is 1. The van der Waals surface area contributed by atoms with E-state index in [0.29, 0.717) is 6.04 Å². The van der Waals surface area contributed by atoms with Gasteiger partial charge in [0.25, 0.3) is 0 Å². The average molecular weight is 191 g/mol. The summed E-state index contributed by atoms with van der Waals surface area (Å²) in [5, 5.41) is 7.04. The number of piperazine rings is 1. The van der Waals surface area contributed by atoms with Crippen molar-refractivity contribution in [1.82, 2.24) is 15.6 Å². The monoisotopic (exact) mass is 191 g/mol. The fourth-order valence-corrected chi connectivity index (χ4v) is 2.06. The predicted molar refractivity (Wildman–Crippen MR) is 57.1 cm³/mol. The van der Waals surface area contributed by atoms with Gasteiger partial charge in [-0.1, -0.05) is 6.07 Å². The lowest BCUT2D eigenvalue weighted by Crippen LogP contribution is -2.59. The number of hydrogen-bond donors (Lipinski definition) is 2. The largest absolute Gasteiger partial charge is 0.313 e. The Kier molecular flexibility index (Phi) is 2.52. The van der Waals surface area contributed by atoms with Crippen LogP contribution in [-0.2, 0) is 5.54 Å². The number of rotatable bonds is 1. The summed E-state index contributed by atoms with van der Waals surface area (Å²) in [6.45, 7) is 6.41. The van der Waals surface area contributed by atoms with Crippen LogP contribution >= 0.6 is 0 Å². The second kappa shape index (κ2) is 3.67. The Morgan fingerprint density at radius 1 is 1.57 bits per heavy atom. The van der Waals surface area contributed by atoms with E-state index in [-0.39, 0.29) is 5.54 Å². The van der Waals surface area contributed by atoms with Crippen LogP contribution in [0, 0.1) is 0 Å². The van der Waals surface area contributed by atoms with Gasteiger partial charge in [0.2, 0.25) is 0 Å². The maximum absolute atomic E-state index is 4.16. The smallest absolute Gasteiger partial charge is 0.0550 e. The lowest BCUT2D eigenvalue weighted by molar-refractivity contribution is 0.254. The minimum atomic E-state index is 0.0198. The third-order valence-electron chi connectivity index (χ3n) is 2.79. The molecule has 2 heterocycles. The fraction of sp³-hybridized carbons (Fsp3) is 0.545. The molecule has 76 valence electrons. The zero-order chi connectivity index (χ0) is 10.0. The molecule has 2 N–H and O–H groups in total. The first-order chi connectivity index (χ1) is 6.71. The van der Waals surface area contributed by atoms with Crippen LogP contribution in [0.3, 0.4) is 0 Å². The highest BCUT2D eigenvalue weighted by Crippen LogP contribution is 2.21. The summed E-state index contributed by atoms with van der Waals surface area (Å²) >= 11 is 0. The van der Waals surface area contributed by atoms with Gasteiger partial charge in [0.05, 0.1) is 5.54 Å². The van der Waals surface area contributed by atoms with Crippen molar-refractivity contribution < 1.29 is 0 Å². The maximum Gasteiger partial charge on any atom is 0.0550 e. The third kappa shape index (κ3) is 1.79. The van der Waals surface area contributed by atoms with E-state index in [0.717, 1.165) is 13.1 Å². The predicted octanol–water partition coefficient (Wildman–Crippen LogP) is 0.878. The molecule has 3 nitrogen and oxygen atoms in total. The SMILES string of the molecule is CC1CNCC(C)(c2cccnc2)N1. The van der Waals surface area contributed by atoms with Crippen LogP contribution < -0.4 is 10.6 Å². The van der Waals surface area contributed by atoms with Crippen LogP contribution in [0.4, 0.5) is 0 Å². The van der Waals surface area contributed by atoms with Gasteiger partial charge < -0.3 is 10.6 Å². The topological polar surface area (TPSA) is 37.0 Å². The summed E-state index contributed by atoms with van der Waals surface area (Å²) in [4.78, 5) is 4.16. The van der Waals surface area contributed by atoms with Crippen molar-refractivity contribution >= 4 is 0 Å². The van der Waals surface area contributed by atoms with Crippen LogP contribution in [0.5, 0.6) is 0 Å². The van der Waals surface area contributed by atoms with E-state index in [9.17, 15) is 0 Å². The van der Waals surface area contributed by atoms with Gasteiger partial charge in [0, 0.05) is 31.5 Å². The zero-order valence-corrected chi connectivity index (χ0v) is 8.75. The molecule has 1 saturated heterocycles. The Morgan fingerprint density at radius 2 is 2.43 bits per heavy atom. The first-order valence-corrected chi connectivity index (χ1v) is 5.10. The fourth-order valence-electron chi connectivity index (χ4n) is 2.06. The highest BCUT2D eigenvalue weighted by atomic mass is 15.1. The van der Waals surface area contributed by atoms with E-state index >= 15 is 0 Å². The van der Waals surface area contributed by atoms with E-state index in [1.165, 1.54) is 5.56 Å². The molecule has 1 aliphatic rings. The van der Waals surface area contributed by atoms with Gasteiger partial charge in [-0.15, -0.1) is 0 Å². The van der Waals surface area contributed by atoms with Crippen LogP contribution in [0.25, 0.3) is 0 Å². The first-order valence-electron chi connectivity index (χ1n) is 5.10. The molecule has 0 bridgehead atoms. The van der Waals surface area contributed by atoms with Crippen molar-refractivity contribution in [2.24, 2.45) is 0 Å². The highest BCUT2D eigenvalue weighted by Gasteiger charge is 2.30. The normalized spacial score (nSPS) is 32.9. The second-order valence-electron chi connectivity index (χ2n) is 4.25. The van der Waals surface area contributed by atoms with Gasteiger partial charge in [-0.05, 0) is 25.5 Å². The molecule has 1 fully saturated rings. The molecular formula is C11H17N3. The summed E-state index contributed by atoms with van der Waals surface area (Å²) in [5.41, 5.74) is 1.27. The van der Waals surface area contributed by atoms with E-state index in [1.807, 2.05) is 18.5 Å². The highest BCUT2D eigenvalue weighted by molar-refractivity contribution is 5.21. The number of pyridine rings is 1. The molecule has 2 atom stereocenters. The van der Waals surface area contributed by atoms with Gasteiger partial charge in [-0.25, -0.2) is 0 Å². The van der Waals surface area contributed by atoms with E-state index in [4.69, 9.17) is 0 Å². The standard InChI is InChI=1S/C11H17N3/c1-9-6-13-8-11(2,14-9)10-4-3-5-12-7-10/h3-5,7,9,13-14H,6,8H2,1-2H3.